The zero-order valence-electron chi connectivity index (χ0n) is 11.3. The molecule has 0 spiro atoms. The molecular weight excluding hydrogens is 230 g/mol. The molecule has 2 aromatic heterocycles. The van der Waals surface area contributed by atoms with Gasteiger partial charge in [0.2, 0.25) is 0 Å². The average Bonchev–Trinajstić information content (AvgIpc) is 2.69. The lowest BCUT2D eigenvalue weighted by molar-refractivity contribution is 0.000663. The molecule has 6 nitrogen and oxygen atoms in total. The van der Waals surface area contributed by atoms with E-state index in [9.17, 15) is 0 Å². The van der Waals surface area contributed by atoms with E-state index >= 15 is 0 Å². The van der Waals surface area contributed by atoms with Gasteiger partial charge in [0.25, 0.3) is 0 Å². The van der Waals surface area contributed by atoms with Crippen molar-refractivity contribution in [1.29, 1.82) is 0 Å². The lowest BCUT2D eigenvalue weighted by Gasteiger charge is -2.25. The predicted octanol–water partition coefficient (Wildman–Crippen LogP) is 1.59. The van der Waals surface area contributed by atoms with E-state index in [0.29, 0.717) is 13.2 Å². The van der Waals surface area contributed by atoms with Gasteiger partial charge in [-0.3, -0.25) is 4.68 Å². The molecule has 2 aromatic rings. The number of aromatic nitrogens is 4. The van der Waals surface area contributed by atoms with Gasteiger partial charge in [0.05, 0.1) is 17.2 Å². The largest absolute Gasteiger partial charge is 0.374 e. The van der Waals surface area contributed by atoms with Crippen molar-refractivity contribution in [3.63, 3.8) is 0 Å². The van der Waals surface area contributed by atoms with Crippen LogP contribution in [0.4, 0.5) is 5.82 Å². The van der Waals surface area contributed by atoms with Crippen molar-refractivity contribution in [2.24, 2.45) is 7.05 Å². The van der Waals surface area contributed by atoms with Crippen molar-refractivity contribution in [1.82, 2.24) is 19.7 Å². The number of nitrogens with one attached hydrogen (secondary N) is 1. The number of anilines is 1. The molecule has 2 heterocycles. The van der Waals surface area contributed by atoms with Crippen molar-refractivity contribution in [3.8, 4) is 0 Å². The molecule has 0 fully saturated rings. The third-order valence-corrected chi connectivity index (χ3v) is 2.75. The Bertz CT molecular complexity index is 534. The van der Waals surface area contributed by atoms with Gasteiger partial charge in [0, 0.05) is 20.2 Å². The molecule has 0 saturated carbocycles. The minimum Gasteiger partial charge on any atom is -0.374 e. The van der Waals surface area contributed by atoms with Crippen LogP contribution in [0.2, 0.25) is 0 Å². The van der Waals surface area contributed by atoms with Crippen LogP contribution in [-0.4, -0.2) is 38.5 Å². The van der Waals surface area contributed by atoms with Gasteiger partial charge in [-0.25, -0.2) is 9.97 Å². The van der Waals surface area contributed by atoms with E-state index in [1.165, 1.54) is 0 Å². The molecule has 0 amide bonds. The molecule has 98 valence electrons. The fourth-order valence-corrected chi connectivity index (χ4v) is 1.84. The van der Waals surface area contributed by atoms with Gasteiger partial charge in [0.1, 0.15) is 12.1 Å². The number of rotatable bonds is 5. The Morgan fingerprint density at radius 2 is 2.17 bits per heavy atom. The molecule has 0 aliphatic heterocycles. The maximum Gasteiger partial charge on any atom is 0.163 e. The van der Waals surface area contributed by atoms with E-state index in [-0.39, 0.29) is 5.60 Å². The first-order valence-corrected chi connectivity index (χ1v) is 6.04. The molecule has 0 aliphatic rings. The Kier molecular flexibility index (Phi) is 3.47. The topological polar surface area (TPSA) is 64.9 Å². The van der Waals surface area contributed by atoms with Crippen LogP contribution in [0.15, 0.2) is 12.5 Å². The van der Waals surface area contributed by atoms with Gasteiger partial charge in [-0.1, -0.05) is 0 Å². The molecule has 0 aliphatic carbocycles. The van der Waals surface area contributed by atoms with Crippen LogP contribution in [0, 0.1) is 0 Å². The van der Waals surface area contributed by atoms with Crippen LogP contribution in [0.5, 0.6) is 0 Å². The number of aryl methyl sites for hydroxylation is 1. The van der Waals surface area contributed by atoms with Crippen LogP contribution in [-0.2, 0) is 11.8 Å². The maximum atomic E-state index is 5.64. The lowest BCUT2D eigenvalue weighted by atomic mass is 10.1. The highest BCUT2D eigenvalue weighted by molar-refractivity contribution is 5.85. The van der Waals surface area contributed by atoms with E-state index in [1.54, 1.807) is 17.2 Å². The molecule has 0 atom stereocenters. The monoisotopic (exact) mass is 249 g/mol. The first-order chi connectivity index (χ1) is 8.53. The molecule has 0 radical (unpaired) electrons. The Balaban J connectivity index is 2.17. The summed E-state index contributed by atoms with van der Waals surface area (Å²) in [5, 5.41) is 8.40. The van der Waals surface area contributed by atoms with E-state index in [2.05, 4.69) is 20.4 Å². The van der Waals surface area contributed by atoms with Crippen molar-refractivity contribution in [2.45, 2.75) is 26.4 Å². The summed E-state index contributed by atoms with van der Waals surface area (Å²) < 4.78 is 7.37. The minimum atomic E-state index is -0.228. The predicted molar refractivity (Wildman–Crippen MR) is 70.5 cm³/mol. The van der Waals surface area contributed by atoms with Crippen molar-refractivity contribution >= 4 is 16.9 Å². The highest BCUT2D eigenvalue weighted by atomic mass is 16.5. The summed E-state index contributed by atoms with van der Waals surface area (Å²) in [6.45, 7) is 7.46. The average molecular weight is 249 g/mol. The summed E-state index contributed by atoms with van der Waals surface area (Å²) >= 11 is 0. The molecule has 1 N–H and O–H groups in total. The third kappa shape index (κ3) is 2.59. The normalized spacial score (nSPS) is 12.0. The van der Waals surface area contributed by atoms with Gasteiger partial charge in [-0.05, 0) is 20.8 Å². The lowest BCUT2D eigenvalue weighted by Crippen LogP contribution is -2.33. The molecule has 0 bridgehead atoms. The van der Waals surface area contributed by atoms with E-state index in [1.807, 2.05) is 27.8 Å². The molecule has 0 saturated heterocycles. The smallest absolute Gasteiger partial charge is 0.163 e. The second-order valence-corrected chi connectivity index (χ2v) is 4.77. The fraction of sp³-hybridized carbons (Fsp3) is 0.583. The molecule has 2 rings (SSSR count). The van der Waals surface area contributed by atoms with Crippen molar-refractivity contribution < 1.29 is 4.74 Å². The summed E-state index contributed by atoms with van der Waals surface area (Å²) in [4.78, 5) is 8.45. The van der Waals surface area contributed by atoms with E-state index < -0.39 is 0 Å². The minimum absolute atomic E-state index is 0.228. The summed E-state index contributed by atoms with van der Waals surface area (Å²) in [6, 6.07) is 0. The number of fused-ring (bicyclic) bond motifs is 1. The standard InChI is InChI=1S/C12H19N5O/c1-5-18-12(2,3)7-13-10-9-6-16-17(4)11(9)15-8-14-10/h6,8H,5,7H2,1-4H3,(H,13,14,15). The molecule has 0 unspecified atom stereocenters. The van der Waals surface area contributed by atoms with Crippen LogP contribution >= 0.6 is 0 Å². The Hall–Kier alpha value is -1.69. The Morgan fingerprint density at radius 3 is 2.89 bits per heavy atom. The Labute approximate surface area is 106 Å². The fourth-order valence-electron chi connectivity index (χ4n) is 1.84. The SMILES string of the molecule is CCOC(C)(C)CNc1ncnc2c1cnn2C. The zero-order chi connectivity index (χ0) is 13.2. The number of hydrogen-bond donors (Lipinski definition) is 1. The molecule has 18 heavy (non-hydrogen) atoms. The van der Waals surface area contributed by atoms with E-state index in [0.717, 1.165) is 16.9 Å². The third-order valence-electron chi connectivity index (χ3n) is 2.75. The zero-order valence-corrected chi connectivity index (χ0v) is 11.3. The van der Waals surface area contributed by atoms with Crippen LogP contribution < -0.4 is 5.32 Å². The van der Waals surface area contributed by atoms with Crippen molar-refractivity contribution in [3.05, 3.63) is 12.5 Å². The second kappa shape index (κ2) is 4.89. The molecule has 0 aromatic carbocycles. The van der Waals surface area contributed by atoms with Gasteiger partial charge in [-0.15, -0.1) is 0 Å². The first-order valence-electron chi connectivity index (χ1n) is 6.04. The number of nitrogens with zero attached hydrogens (tertiary/aromatic N) is 4. The van der Waals surface area contributed by atoms with Gasteiger partial charge < -0.3 is 10.1 Å². The van der Waals surface area contributed by atoms with E-state index in [4.69, 9.17) is 4.74 Å². The van der Waals surface area contributed by atoms with Gasteiger partial charge >= 0.3 is 0 Å². The van der Waals surface area contributed by atoms with Crippen molar-refractivity contribution in [2.75, 3.05) is 18.5 Å². The second-order valence-electron chi connectivity index (χ2n) is 4.77. The Morgan fingerprint density at radius 1 is 1.39 bits per heavy atom. The van der Waals surface area contributed by atoms with Gasteiger partial charge in [-0.2, -0.15) is 5.10 Å². The molecular formula is C12H19N5O. The summed E-state index contributed by atoms with van der Waals surface area (Å²) in [6.07, 6.45) is 3.31. The highest BCUT2D eigenvalue weighted by Crippen LogP contribution is 2.19. The summed E-state index contributed by atoms with van der Waals surface area (Å²) in [5.41, 5.74) is 0.593. The maximum absolute atomic E-state index is 5.64. The number of hydrogen-bond acceptors (Lipinski definition) is 5. The van der Waals surface area contributed by atoms with Crippen LogP contribution in [0.3, 0.4) is 0 Å². The van der Waals surface area contributed by atoms with Gasteiger partial charge in [0.15, 0.2) is 5.65 Å². The summed E-state index contributed by atoms with van der Waals surface area (Å²) in [5.74, 6) is 0.792. The first kappa shape index (κ1) is 12.8. The van der Waals surface area contributed by atoms with Crippen LogP contribution in [0.25, 0.3) is 11.0 Å². The quantitative estimate of drug-likeness (QED) is 0.871. The number of ether oxygens (including phenoxy) is 1. The highest BCUT2D eigenvalue weighted by Gasteiger charge is 2.18. The molecule has 6 heteroatoms. The summed E-state index contributed by atoms with van der Waals surface area (Å²) in [7, 11) is 1.86. The van der Waals surface area contributed by atoms with Crippen LogP contribution in [0.1, 0.15) is 20.8 Å².